The van der Waals surface area contributed by atoms with Crippen LogP contribution in [0.15, 0.2) is 12.2 Å². The smallest absolute Gasteiger partial charge is 0.320 e. The zero-order valence-electron chi connectivity index (χ0n) is 14.6. The highest BCUT2D eigenvalue weighted by Gasteiger charge is 2.10. The third-order valence-electron chi connectivity index (χ3n) is 3.73. The summed E-state index contributed by atoms with van der Waals surface area (Å²) >= 11 is 0. The van der Waals surface area contributed by atoms with Crippen LogP contribution in [0, 0.1) is 0 Å². The number of allylic oxidation sites excluding steroid dienone is 2. The minimum Gasteiger partial charge on any atom is -0.480 e. The molecule has 5 nitrogen and oxygen atoms in total. The number of unbranched alkanes of at least 4 members (excludes halogenated alkanes) is 6. The summed E-state index contributed by atoms with van der Waals surface area (Å²) < 4.78 is 0. The van der Waals surface area contributed by atoms with Gasteiger partial charge in [-0.05, 0) is 44.9 Å². The molecule has 1 amide bonds. The fourth-order valence-corrected chi connectivity index (χ4v) is 2.23. The van der Waals surface area contributed by atoms with E-state index in [2.05, 4.69) is 24.4 Å². The highest BCUT2D eigenvalue weighted by molar-refractivity contribution is 5.75. The Balaban J connectivity index is 3.33. The first-order chi connectivity index (χ1) is 11.1. The number of rotatable bonds is 15. The van der Waals surface area contributed by atoms with E-state index in [1.165, 1.54) is 25.7 Å². The molecular formula is C18H34N2O3. The lowest BCUT2D eigenvalue weighted by atomic mass is 10.1. The molecule has 5 heteroatoms. The second kappa shape index (κ2) is 15.5. The summed E-state index contributed by atoms with van der Waals surface area (Å²) in [5.41, 5.74) is 5.41. The van der Waals surface area contributed by atoms with E-state index in [0.29, 0.717) is 19.4 Å². The van der Waals surface area contributed by atoms with Crippen LogP contribution in [0.4, 0.5) is 0 Å². The van der Waals surface area contributed by atoms with Crippen LogP contribution in [0.5, 0.6) is 0 Å². The Bertz CT molecular complexity index is 343. The Kier molecular flexibility index (Phi) is 14.6. The summed E-state index contributed by atoms with van der Waals surface area (Å²) in [6.45, 7) is 2.79. The molecule has 4 N–H and O–H groups in total. The summed E-state index contributed by atoms with van der Waals surface area (Å²) in [4.78, 5) is 22.1. The molecule has 0 heterocycles. The number of hydrogen-bond acceptors (Lipinski definition) is 3. The molecule has 0 unspecified atom stereocenters. The normalized spacial score (nSPS) is 12.4. The number of carboxylic acids is 1. The highest BCUT2D eigenvalue weighted by Crippen LogP contribution is 2.06. The van der Waals surface area contributed by atoms with Crippen molar-refractivity contribution in [1.29, 1.82) is 0 Å². The molecular weight excluding hydrogens is 292 g/mol. The Hall–Kier alpha value is -1.36. The van der Waals surface area contributed by atoms with Gasteiger partial charge in [0.1, 0.15) is 6.04 Å². The van der Waals surface area contributed by atoms with Gasteiger partial charge in [-0.2, -0.15) is 0 Å². The van der Waals surface area contributed by atoms with Crippen LogP contribution in [0.25, 0.3) is 0 Å². The number of nitrogens with one attached hydrogen (secondary N) is 1. The molecule has 23 heavy (non-hydrogen) atoms. The van der Waals surface area contributed by atoms with Gasteiger partial charge in [0, 0.05) is 13.0 Å². The third kappa shape index (κ3) is 15.3. The van der Waals surface area contributed by atoms with Gasteiger partial charge in [0.15, 0.2) is 0 Å². The van der Waals surface area contributed by atoms with Crippen molar-refractivity contribution >= 4 is 11.9 Å². The molecule has 0 aromatic carbocycles. The summed E-state index contributed by atoms with van der Waals surface area (Å²) in [5.74, 6) is -0.870. The number of amides is 1. The van der Waals surface area contributed by atoms with Gasteiger partial charge in [-0.3, -0.25) is 9.59 Å². The number of carbonyl (C=O) groups is 2. The van der Waals surface area contributed by atoms with Crippen molar-refractivity contribution < 1.29 is 14.7 Å². The molecule has 0 aromatic rings. The van der Waals surface area contributed by atoms with Crippen molar-refractivity contribution in [2.75, 3.05) is 6.54 Å². The van der Waals surface area contributed by atoms with Crippen molar-refractivity contribution in [1.82, 2.24) is 5.32 Å². The van der Waals surface area contributed by atoms with E-state index < -0.39 is 12.0 Å². The largest absolute Gasteiger partial charge is 0.480 e. The van der Waals surface area contributed by atoms with Gasteiger partial charge in [0.25, 0.3) is 0 Å². The lowest BCUT2D eigenvalue weighted by Gasteiger charge is -2.07. The molecule has 0 spiro atoms. The number of nitrogens with two attached hydrogens (primary N) is 1. The Morgan fingerprint density at radius 2 is 1.74 bits per heavy atom. The van der Waals surface area contributed by atoms with E-state index in [4.69, 9.17) is 10.8 Å². The van der Waals surface area contributed by atoms with Gasteiger partial charge in [-0.1, -0.05) is 38.3 Å². The molecule has 0 aromatic heterocycles. The first kappa shape index (κ1) is 21.6. The van der Waals surface area contributed by atoms with Gasteiger partial charge in [0.05, 0.1) is 0 Å². The molecule has 134 valence electrons. The average molecular weight is 326 g/mol. The molecule has 0 aliphatic rings. The summed E-state index contributed by atoms with van der Waals surface area (Å²) in [5, 5.41) is 11.5. The molecule has 0 bridgehead atoms. The molecule has 0 radical (unpaired) electrons. The van der Waals surface area contributed by atoms with Gasteiger partial charge in [-0.15, -0.1) is 0 Å². The maximum Gasteiger partial charge on any atom is 0.320 e. The van der Waals surface area contributed by atoms with Gasteiger partial charge in [-0.25, -0.2) is 0 Å². The van der Waals surface area contributed by atoms with Crippen molar-refractivity contribution in [3.8, 4) is 0 Å². The molecule has 0 fully saturated rings. The van der Waals surface area contributed by atoms with Crippen LogP contribution >= 0.6 is 0 Å². The lowest BCUT2D eigenvalue weighted by Crippen LogP contribution is -2.30. The van der Waals surface area contributed by atoms with E-state index in [9.17, 15) is 9.59 Å². The predicted octanol–water partition coefficient (Wildman–Crippen LogP) is 3.38. The second-order valence-corrected chi connectivity index (χ2v) is 6.00. The maximum absolute atomic E-state index is 11.6. The zero-order chi connectivity index (χ0) is 17.3. The fraction of sp³-hybridized carbons (Fsp3) is 0.778. The van der Waals surface area contributed by atoms with Gasteiger partial charge in [0.2, 0.25) is 5.91 Å². The Labute approximate surface area is 140 Å². The first-order valence-corrected chi connectivity index (χ1v) is 8.98. The third-order valence-corrected chi connectivity index (χ3v) is 3.73. The van der Waals surface area contributed by atoms with E-state index in [1.807, 2.05) is 0 Å². The molecule has 0 aliphatic heterocycles. The minimum absolute atomic E-state index is 0.0929. The fourth-order valence-electron chi connectivity index (χ4n) is 2.23. The Morgan fingerprint density at radius 3 is 2.43 bits per heavy atom. The van der Waals surface area contributed by atoms with Crippen molar-refractivity contribution in [2.45, 2.75) is 83.6 Å². The van der Waals surface area contributed by atoms with Crippen molar-refractivity contribution in [3.63, 3.8) is 0 Å². The van der Waals surface area contributed by atoms with E-state index >= 15 is 0 Å². The molecule has 0 saturated carbocycles. The highest BCUT2D eigenvalue weighted by atomic mass is 16.4. The topological polar surface area (TPSA) is 92.4 Å². The SMILES string of the molecule is CCC/C=C/CCCCCCC(=O)NCCCC[C@H](N)C(=O)O. The zero-order valence-corrected chi connectivity index (χ0v) is 14.6. The standard InChI is InChI=1S/C18H34N2O3/c1-2-3-4-5-6-7-8-9-10-14-17(21)20-15-12-11-13-16(19)18(22)23/h4-5,16H,2-3,6-15,19H2,1H3,(H,20,21)(H,22,23)/b5-4+/t16-/m0/s1. The van der Waals surface area contributed by atoms with E-state index in [-0.39, 0.29) is 5.91 Å². The number of carbonyl (C=O) groups excluding carboxylic acids is 1. The first-order valence-electron chi connectivity index (χ1n) is 8.98. The summed E-state index contributed by atoms with van der Waals surface area (Å²) in [7, 11) is 0. The number of aliphatic carboxylic acids is 1. The summed E-state index contributed by atoms with van der Waals surface area (Å²) in [6, 6.07) is -0.789. The predicted molar refractivity (Wildman–Crippen MR) is 94.2 cm³/mol. The second-order valence-electron chi connectivity index (χ2n) is 6.00. The molecule has 0 aliphatic carbocycles. The molecule has 0 saturated heterocycles. The number of carboxylic acid groups (broad SMARTS) is 1. The van der Waals surface area contributed by atoms with Crippen LogP contribution in [0.3, 0.4) is 0 Å². The van der Waals surface area contributed by atoms with Crippen LogP contribution in [0.1, 0.15) is 77.6 Å². The Morgan fingerprint density at radius 1 is 1.04 bits per heavy atom. The molecule has 1 atom stereocenters. The van der Waals surface area contributed by atoms with Crippen LogP contribution in [0.2, 0.25) is 0 Å². The summed E-state index contributed by atoms with van der Waals surface area (Å²) in [6.07, 6.45) is 15.0. The maximum atomic E-state index is 11.6. The van der Waals surface area contributed by atoms with Gasteiger partial charge < -0.3 is 16.2 Å². The molecule has 0 rings (SSSR count). The monoisotopic (exact) mass is 326 g/mol. The van der Waals surface area contributed by atoms with Crippen molar-refractivity contribution in [2.24, 2.45) is 5.73 Å². The van der Waals surface area contributed by atoms with Crippen LogP contribution in [-0.2, 0) is 9.59 Å². The number of hydrogen-bond donors (Lipinski definition) is 3. The average Bonchev–Trinajstić information content (AvgIpc) is 2.52. The van der Waals surface area contributed by atoms with Crippen LogP contribution in [-0.4, -0.2) is 29.6 Å². The quantitative estimate of drug-likeness (QED) is 0.318. The van der Waals surface area contributed by atoms with E-state index in [1.54, 1.807) is 0 Å². The van der Waals surface area contributed by atoms with Crippen LogP contribution < -0.4 is 11.1 Å². The van der Waals surface area contributed by atoms with Gasteiger partial charge >= 0.3 is 5.97 Å². The minimum atomic E-state index is -0.963. The van der Waals surface area contributed by atoms with Crippen molar-refractivity contribution in [3.05, 3.63) is 12.2 Å². The van der Waals surface area contributed by atoms with E-state index in [0.717, 1.165) is 32.1 Å². The lowest BCUT2D eigenvalue weighted by molar-refractivity contribution is -0.138.